The Labute approximate surface area is 171 Å². The average Bonchev–Trinajstić information content (AvgIpc) is 2.70. The molecule has 3 rings (SSSR count). The molecule has 1 unspecified atom stereocenters. The molecule has 2 amide bonds. The van der Waals surface area contributed by atoms with E-state index in [2.05, 4.69) is 5.32 Å². The Morgan fingerprint density at radius 1 is 1.14 bits per heavy atom. The van der Waals surface area contributed by atoms with Crippen LogP contribution in [0.4, 0.5) is 5.69 Å². The fourth-order valence-corrected chi connectivity index (χ4v) is 3.29. The molecule has 0 fully saturated rings. The summed E-state index contributed by atoms with van der Waals surface area (Å²) in [4.78, 5) is 38.3. The highest BCUT2D eigenvalue weighted by atomic mass is 35.5. The van der Waals surface area contributed by atoms with Crippen molar-refractivity contribution in [1.82, 2.24) is 5.32 Å². The van der Waals surface area contributed by atoms with Crippen LogP contribution in [0.3, 0.4) is 0 Å². The zero-order chi connectivity index (χ0) is 20.3. The lowest BCUT2D eigenvalue weighted by atomic mass is 10.1. The number of nitrogens with zero attached hydrogens (tertiary/aromatic N) is 1. The van der Waals surface area contributed by atoms with Gasteiger partial charge in [-0.15, -0.1) is 0 Å². The molecule has 1 aliphatic rings. The van der Waals surface area contributed by atoms with Crippen molar-refractivity contribution in [3.63, 3.8) is 0 Å². The lowest BCUT2D eigenvalue weighted by Crippen LogP contribution is -2.51. The van der Waals surface area contributed by atoms with Crippen LogP contribution < -0.4 is 15.0 Å². The number of ether oxygens (including phenoxy) is 2. The number of fused-ring (bicyclic) bond motifs is 1. The van der Waals surface area contributed by atoms with Gasteiger partial charge in [-0.3, -0.25) is 9.59 Å². The van der Waals surface area contributed by atoms with E-state index in [1.165, 1.54) is 24.1 Å². The van der Waals surface area contributed by atoms with E-state index in [-0.39, 0.29) is 28.1 Å². The highest BCUT2D eigenvalue weighted by Gasteiger charge is 2.33. The minimum atomic E-state index is -0.877. The van der Waals surface area contributed by atoms with Crippen molar-refractivity contribution in [2.24, 2.45) is 0 Å². The molecule has 1 heterocycles. The third-order valence-electron chi connectivity index (χ3n) is 4.11. The SMILES string of the molecule is CNC(=O)C1CN(C(=O)COC(=O)c2c(Cl)cccc2Cl)c2ccccc2O1. The number of halogens is 2. The van der Waals surface area contributed by atoms with Crippen LogP contribution in [0.25, 0.3) is 0 Å². The number of nitrogens with one attached hydrogen (secondary N) is 1. The van der Waals surface area contributed by atoms with Crippen LogP contribution in [0.2, 0.25) is 10.0 Å². The van der Waals surface area contributed by atoms with Gasteiger partial charge in [-0.1, -0.05) is 41.4 Å². The zero-order valence-corrected chi connectivity index (χ0v) is 16.3. The van der Waals surface area contributed by atoms with Crippen molar-refractivity contribution in [3.8, 4) is 5.75 Å². The molecule has 146 valence electrons. The van der Waals surface area contributed by atoms with Crippen molar-refractivity contribution in [2.45, 2.75) is 6.10 Å². The average molecular weight is 423 g/mol. The molecule has 7 nitrogen and oxygen atoms in total. The van der Waals surface area contributed by atoms with Crippen LogP contribution in [0.15, 0.2) is 42.5 Å². The van der Waals surface area contributed by atoms with E-state index in [1.54, 1.807) is 30.3 Å². The van der Waals surface area contributed by atoms with Crippen molar-refractivity contribution in [2.75, 3.05) is 25.1 Å². The molecule has 1 aliphatic heterocycles. The van der Waals surface area contributed by atoms with E-state index in [0.29, 0.717) is 11.4 Å². The molecule has 0 radical (unpaired) electrons. The first-order chi connectivity index (χ1) is 13.4. The maximum atomic E-state index is 12.7. The number of hydrogen-bond donors (Lipinski definition) is 1. The summed E-state index contributed by atoms with van der Waals surface area (Å²) < 4.78 is 10.7. The lowest BCUT2D eigenvalue weighted by Gasteiger charge is -2.33. The summed E-state index contributed by atoms with van der Waals surface area (Å²) in [5.74, 6) is -1.31. The molecule has 1 N–H and O–H groups in total. The van der Waals surface area contributed by atoms with Gasteiger partial charge >= 0.3 is 5.97 Å². The number of carbonyl (C=O) groups is 3. The van der Waals surface area contributed by atoms with Crippen LogP contribution in [0.5, 0.6) is 5.75 Å². The van der Waals surface area contributed by atoms with Gasteiger partial charge in [0.05, 0.1) is 27.8 Å². The van der Waals surface area contributed by atoms with Gasteiger partial charge in [0.25, 0.3) is 11.8 Å². The fourth-order valence-electron chi connectivity index (χ4n) is 2.74. The Bertz CT molecular complexity index is 914. The van der Waals surface area contributed by atoms with Crippen LogP contribution in [0, 0.1) is 0 Å². The molecule has 9 heteroatoms. The van der Waals surface area contributed by atoms with Gasteiger partial charge in [0.1, 0.15) is 5.75 Å². The van der Waals surface area contributed by atoms with E-state index < -0.39 is 24.6 Å². The normalized spacial score (nSPS) is 15.2. The van der Waals surface area contributed by atoms with E-state index >= 15 is 0 Å². The Morgan fingerprint density at radius 3 is 2.50 bits per heavy atom. The second-order valence-corrected chi connectivity index (χ2v) is 6.68. The third kappa shape index (κ3) is 4.05. The standard InChI is InChI=1S/C19H16Cl2N2O5/c1-22-18(25)15-9-23(13-7-2-3-8-14(13)28-15)16(24)10-27-19(26)17-11(20)5-4-6-12(17)21/h2-8,15H,9-10H2,1H3,(H,22,25). The third-order valence-corrected chi connectivity index (χ3v) is 4.74. The second-order valence-electron chi connectivity index (χ2n) is 5.87. The smallest absolute Gasteiger partial charge is 0.341 e. The summed E-state index contributed by atoms with van der Waals surface area (Å²) >= 11 is 12.0. The first-order valence-corrected chi connectivity index (χ1v) is 9.06. The largest absolute Gasteiger partial charge is 0.477 e. The van der Waals surface area contributed by atoms with Crippen molar-refractivity contribution in [3.05, 3.63) is 58.1 Å². The first-order valence-electron chi connectivity index (χ1n) is 8.31. The zero-order valence-electron chi connectivity index (χ0n) is 14.8. The monoisotopic (exact) mass is 422 g/mol. The molecule has 1 atom stereocenters. The number of para-hydroxylation sites is 2. The predicted octanol–water partition coefficient (Wildman–Crippen LogP) is 2.69. The van der Waals surface area contributed by atoms with E-state index in [4.69, 9.17) is 32.7 Å². The predicted molar refractivity (Wildman–Crippen MR) is 104 cm³/mol. The summed E-state index contributed by atoms with van der Waals surface area (Å²) in [7, 11) is 1.48. The summed E-state index contributed by atoms with van der Waals surface area (Å²) in [6.45, 7) is -0.560. The summed E-state index contributed by atoms with van der Waals surface area (Å²) in [6.07, 6.45) is -0.877. The lowest BCUT2D eigenvalue weighted by molar-refractivity contribution is -0.128. The quantitative estimate of drug-likeness (QED) is 0.765. The van der Waals surface area contributed by atoms with Crippen molar-refractivity contribution in [1.29, 1.82) is 0 Å². The van der Waals surface area contributed by atoms with Crippen molar-refractivity contribution >= 4 is 46.7 Å². The van der Waals surface area contributed by atoms with Crippen molar-refractivity contribution < 1.29 is 23.9 Å². The van der Waals surface area contributed by atoms with Crippen LogP contribution in [-0.4, -0.2) is 44.1 Å². The number of likely N-dealkylation sites (N-methyl/N-ethyl adjacent to an activating group) is 1. The van der Waals surface area contributed by atoms with Gasteiger partial charge in [-0.05, 0) is 24.3 Å². The minimum absolute atomic E-state index is 0.00996. The van der Waals surface area contributed by atoms with Crippen LogP contribution in [-0.2, 0) is 14.3 Å². The van der Waals surface area contributed by atoms with Gasteiger partial charge in [0.2, 0.25) is 0 Å². The number of esters is 1. The van der Waals surface area contributed by atoms with E-state index in [9.17, 15) is 14.4 Å². The maximum Gasteiger partial charge on any atom is 0.341 e. The van der Waals surface area contributed by atoms with E-state index in [1.807, 2.05) is 0 Å². The molecular weight excluding hydrogens is 407 g/mol. The molecule has 28 heavy (non-hydrogen) atoms. The molecule has 0 aromatic heterocycles. The Morgan fingerprint density at radius 2 is 1.82 bits per heavy atom. The fraction of sp³-hybridized carbons (Fsp3) is 0.211. The number of rotatable bonds is 4. The molecule has 2 aromatic rings. The molecule has 2 aromatic carbocycles. The number of amides is 2. The van der Waals surface area contributed by atoms with Gasteiger partial charge in [0.15, 0.2) is 12.7 Å². The number of anilines is 1. The van der Waals surface area contributed by atoms with Gasteiger partial charge in [-0.25, -0.2) is 4.79 Å². The Kier molecular flexibility index (Phi) is 6.06. The molecule has 0 bridgehead atoms. The first kappa shape index (κ1) is 20.0. The van der Waals surface area contributed by atoms with Crippen LogP contribution in [0.1, 0.15) is 10.4 Å². The number of benzene rings is 2. The van der Waals surface area contributed by atoms with Crippen LogP contribution >= 0.6 is 23.2 Å². The summed E-state index contributed by atoms with van der Waals surface area (Å²) in [5, 5.41) is 2.75. The molecular formula is C19H16Cl2N2O5. The van der Waals surface area contributed by atoms with Gasteiger partial charge < -0.3 is 19.7 Å². The topological polar surface area (TPSA) is 84.9 Å². The van der Waals surface area contributed by atoms with E-state index in [0.717, 1.165) is 0 Å². The van der Waals surface area contributed by atoms with Gasteiger partial charge in [0, 0.05) is 7.05 Å². The number of hydrogen-bond acceptors (Lipinski definition) is 5. The second kappa shape index (κ2) is 8.50. The highest BCUT2D eigenvalue weighted by molar-refractivity contribution is 6.39. The molecule has 0 spiro atoms. The molecule has 0 aliphatic carbocycles. The number of carbonyl (C=O) groups excluding carboxylic acids is 3. The summed E-state index contributed by atoms with van der Waals surface area (Å²) in [6, 6.07) is 11.4. The minimum Gasteiger partial charge on any atom is -0.477 e. The Hall–Kier alpha value is -2.77. The molecule has 0 saturated heterocycles. The maximum absolute atomic E-state index is 12.7. The highest BCUT2D eigenvalue weighted by Crippen LogP contribution is 2.33. The Balaban J connectivity index is 1.76. The molecule has 0 saturated carbocycles. The summed E-state index contributed by atoms with van der Waals surface area (Å²) in [5.41, 5.74) is 0.476. The van der Waals surface area contributed by atoms with Gasteiger partial charge in [-0.2, -0.15) is 0 Å².